The minimum atomic E-state index is -0.594. The molecule has 3 amide bonds. The second-order valence-electron chi connectivity index (χ2n) is 9.12. The Morgan fingerprint density at radius 1 is 1.19 bits per heavy atom. The van der Waals surface area contributed by atoms with Gasteiger partial charge in [0.05, 0.1) is 24.5 Å². The van der Waals surface area contributed by atoms with E-state index >= 15 is 0 Å². The van der Waals surface area contributed by atoms with Gasteiger partial charge in [-0.2, -0.15) is 0 Å². The van der Waals surface area contributed by atoms with Crippen LogP contribution in [0.25, 0.3) is 0 Å². The van der Waals surface area contributed by atoms with Crippen molar-refractivity contribution >= 4 is 35.3 Å². The van der Waals surface area contributed by atoms with Crippen LogP contribution in [0.2, 0.25) is 0 Å². The molecule has 1 aromatic carbocycles. The zero-order valence-corrected chi connectivity index (χ0v) is 21.0. The van der Waals surface area contributed by atoms with E-state index in [-0.39, 0.29) is 37.9 Å². The molecule has 1 aromatic rings. The van der Waals surface area contributed by atoms with Crippen molar-refractivity contribution < 1.29 is 33.0 Å². The number of anilines is 2. The molecule has 0 saturated carbocycles. The first-order chi connectivity index (χ1) is 17.1. The summed E-state index contributed by atoms with van der Waals surface area (Å²) in [4.78, 5) is 54.2. The Hall–Kier alpha value is -3.41. The second kappa shape index (κ2) is 12.5. The molecule has 2 fully saturated rings. The predicted molar refractivity (Wildman–Crippen MR) is 130 cm³/mol. The van der Waals surface area contributed by atoms with Gasteiger partial charge in [0.2, 0.25) is 5.91 Å². The molecule has 0 spiro atoms. The van der Waals surface area contributed by atoms with E-state index in [0.717, 1.165) is 6.54 Å². The van der Waals surface area contributed by atoms with Crippen LogP contribution in [0.5, 0.6) is 0 Å². The Balaban J connectivity index is 1.47. The minimum absolute atomic E-state index is 0.191. The third-order valence-electron chi connectivity index (χ3n) is 6.01. The molecular weight excluding hydrogens is 473 g/mol. The number of carbonyl (C=O) groups is 4. The molecule has 0 aliphatic carbocycles. The number of ether oxygens (including phenoxy) is 2. The van der Waals surface area contributed by atoms with Crippen LogP contribution < -0.4 is 15.1 Å². The van der Waals surface area contributed by atoms with Gasteiger partial charge < -0.3 is 29.5 Å². The highest BCUT2D eigenvalue weighted by Crippen LogP contribution is 2.28. The molecule has 0 bridgehead atoms. The Morgan fingerprint density at radius 3 is 2.56 bits per heavy atom. The highest BCUT2D eigenvalue weighted by atomic mass is 19.1. The summed E-state index contributed by atoms with van der Waals surface area (Å²) >= 11 is 0. The molecule has 36 heavy (non-hydrogen) atoms. The van der Waals surface area contributed by atoms with E-state index in [1.54, 1.807) is 17.0 Å². The fraction of sp³-hybridized carbons (Fsp3) is 0.583. The van der Waals surface area contributed by atoms with E-state index in [1.807, 2.05) is 23.9 Å². The summed E-state index contributed by atoms with van der Waals surface area (Å²) in [5.41, 5.74) is 0.744. The number of nitrogens with one attached hydrogen (secondary N) is 1. The van der Waals surface area contributed by atoms with Crippen LogP contribution >= 0.6 is 0 Å². The minimum Gasteiger partial charge on any atom is -0.456 e. The molecule has 2 heterocycles. The molecule has 11 nitrogen and oxygen atoms in total. The molecule has 2 saturated heterocycles. The van der Waals surface area contributed by atoms with Crippen molar-refractivity contribution in [2.24, 2.45) is 0 Å². The molecule has 12 heteroatoms. The maximum Gasteiger partial charge on any atom is 0.414 e. The lowest BCUT2D eigenvalue weighted by Gasteiger charge is -2.36. The van der Waals surface area contributed by atoms with Gasteiger partial charge in [-0.05, 0) is 45.3 Å². The van der Waals surface area contributed by atoms with Gasteiger partial charge in [-0.3, -0.25) is 19.3 Å². The lowest BCUT2D eigenvalue weighted by molar-refractivity contribution is -0.152. The predicted octanol–water partition coefficient (Wildman–Crippen LogP) is 0.821. The van der Waals surface area contributed by atoms with Crippen molar-refractivity contribution in [3.8, 4) is 0 Å². The Bertz CT molecular complexity index is 966. The number of rotatable bonds is 10. The van der Waals surface area contributed by atoms with Crippen molar-refractivity contribution in [3.05, 3.63) is 24.0 Å². The molecule has 3 rings (SSSR count). The number of hydrogen-bond donors (Lipinski definition) is 1. The maximum atomic E-state index is 15.0. The summed E-state index contributed by atoms with van der Waals surface area (Å²) in [5.74, 6) is -1.38. The summed E-state index contributed by atoms with van der Waals surface area (Å²) in [6.07, 6.45) is -0.172. The van der Waals surface area contributed by atoms with E-state index < -0.39 is 24.0 Å². The van der Waals surface area contributed by atoms with Gasteiger partial charge in [0.25, 0.3) is 5.91 Å². The van der Waals surface area contributed by atoms with Crippen molar-refractivity contribution in [3.63, 3.8) is 0 Å². The molecule has 1 N–H and O–H groups in total. The zero-order valence-electron chi connectivity index (χ0n) is 21.0. The van der Waals surface area contributed by atoms with E-state index in [2.05, 4.69) is 5.32 Å². The maximum absolute atomic E-state index is 15.0. The third-order valence-corrected chi connectivity index (χ3v) is 6.01. The number of benzene rings is 1. The third kappa shape index (κ3) is 7.54. The first-order valence-corrected chi connectivity index (χ1v) is 12.0. The summed E-state index contributed by atoms with van der Waals surface area (Å²) in [5, 5.41) is 2.60. The van der Waals surface area contributed by atoms with Crippen LogP contribution in [0.15, 0.2) is 18.2 Å². The first-order valence-electron chi connectivity index (χ1n) is 12.0. The second-order valence-corrected chi connectivity index (χ2v) is 9.12. The topological polar surface area (TPSA) is 112 Å². The quantitative estimate of drug-likeness (QED) is 0.464. The number of esters is 1. The Labute approximate surface area is 210 Å². The van der Waals surface area contributed by atoms with Crippen molar-refractivity contribution in [2.75, 3.05) is 76.3 Å². The number of cyclic esters (lactones) is 1. The highest BCUT2D eigenvalue weighted by molar-refractivity contribution is 5.90. The van der Waals surface area contributed by atoms with Gasteiger partial charge in [-0.1, -0.05) is 0 Å². The van der Waals surface area contributed by atoms with Crippen molar-refractivity contribution in [2.45, 2.75) is 25.9 Å². The van der Waals surface area contributed by atoms with Gasteiger partial charge in [-0.15, -0.1) is 0 Å². The van der Waals surface area contributed by atoms with Gasteiger partial charge in [-0.25, -0.2) is 9.18 Å². The van der Waals surface area contributed by atoms with E-state index in [4.69, 9.17) is 9.47 Å². The normalized spacial score (nSPS) is 17.9. The smallest absolute Gasteiger partial charge is 0.414 e. The van der Waals surface area contributed by atoms with Crippen molar-refractivity contribution in [1.29, 1.82) is 0 Å². The van der Waals surface area contributed by atoms with Crippen LogP contribution in [0, 0.1) is 5.82 Å². The van der Waals surface area contributed by atoms with Crippen LogP contribution in [0.4, 0.5) is 20.6 Å². The fourth-order valence-electron chi connectivity index (χ4n) is 4.06. The SMILES string of the molecule is CC(=O)NCC1CN(c2ccc(N3CCN(C(=O)COC(=O)CCCN(C)C)CC3)c(F)c2)C(=O)O1. The van der Waals surface area contributed by atoms with Crippen molar-refractivity contribution in [1.82, 2.24) is 15.1 Å². The largest absolute Gasteiger partial charge is 0.456 e. The molecule has 1 atom stereocenters. The highest BCUT2D eigenvalue weighted by Gasteiger charge is 2.33. The number of piperazine rings is 1. The molecule has 1 unspecified atom stereocenters. The fourth-order valence-corrected chi connectivity index (χ4v) is 4.06. The Morgan fingerprint density at radius 2 is 1.92 bits per heavy atom. The van der Waals surface area contributed by atoms with Crippen LogP contribution in [0.1, 0.15) is 19.8 Å². The molecule has 2 aliphatic rings. The van der Waals surface area contributed by atoms with Gasteiger partial charge in [0.15, 0.2) is 6.61 Å². The van der Waals surface area contributed by atoms with Crippen LogP contribution in [0.3, 0.4) is 0 Å². The average molecular weight is 508 g/mol. The number of hydrogen-bond acceptors (Lipinski definition) is 8. The standard InChI is InChI=1S/C24H34FN5O6/c1-17(31)26-14-19-15-30(24(34)36-19)18-6-7-21(20(25)13-18)28-9-11-29(12-10-28)22(32)16-35-23(33)5-4-8-27(2)3/h6-7,13,19H,4-5,8-12,14-16H2,1-3H3,(H,26,31). The molecule has 198 valence electrons. The van der Waals surface area contributed by atoms with Gasteiger partial charge in [0, 0.05) is 39.5 Å². The van der Waals surface area contributed by atoms with Crippen LogP contribution in [-0.2, 0) is 23.9 Å². The van der Waals surface area contributed by atoms with Gasteiger partial charge >= 0.3 is 12.1 Å². The molecule has 0 radical (unpaired) electrons. The summed E-state index contributed by atoms with van der Waals surface area (Å²) in [6.45, 7) is 3.84. The first kappa shape index (κ1) is 27.2. The molecular formula is C24H34FN5O6. The molecule has 2 aliphatic heterocycles. The van der Waals surface area contributed by atoms with Gasteiger partial charge in [0.1, 0.15) is 11.9 Å². The van der Waals surface area contributed by atoms with E-state index in [0.29, 0.717) is 44.0 Å². The number of amides is 3. The number of nitrogens with zero attached hydrogens (tertiary/aromatic N) is 4. The van der Waals surface area contributed by atoms with E-state index in [1.165, 1.54) is 17.9 Å². The summed E-state index contributed by atoms with van der Waals surface area (Å²) in [7, 11) is 3.84. The average Bonchev–Trinajstić information content (AvgIpc) is 3.21. The number of halogens is 1. The molecule has 0 aromatic heterocycles. The number of carbonyl (C=O) groups excluding carboxylic acids is 4. The summed E-state index contributed by atoms with van der Waals surface area (Å²) < 4.78 is 25.3. The van der Waals surface area contributed by atoms with Crippen LogP contribution in [-0.4, -0.2) is 106 Å². The van der Waals surface area contributed by atoms with E-state index in [9.17, 15) is 23.6 Å². The summed E-state index contributed by atoms with van der Waals surface area (Å²) in [6, 6.07) is 4.53. The lowest BCUT2D eigenvalue weighted by atomic mass is 10.2. The Kier molecular flexibility index (Phi) is 9.45. The monoisotopic (exact) mass is 507 g/mol. The zero-order chi connectivity index (χ0) is 26.2. The lowest BCUT2D eigenvalue weighted by Crippen LogP contribution is -2.50.